The number of aromatic nitrogens is 2. The third kappa shape index (κ3) is 1.98. The summed E-state index contributed by atoms with van der Waals surface area (Å²) >= 11 is 0. The number of nitrogens with two attached hydrogens (primary N) is 1. The molecule has 2 aromatic rings. The lowest BCUT2D eigenvalue weighted by Gasteiger charge is -2.07. The number of nitrogen functional groups attached to an aromatic ring is 1. The molecule has 0 unspecified atom stereocenters. The maximum Gasteiger partial charge on any atom is 0.265 e. The lowest BCUT2D eigenvalue weighted by molar-refractivity contribution is 0.601. The number of sulfonamides is 1. The zero-order valence-electron chi connectivity index (χ0n) is 8.21. The number of nitrogens with zero attached hydrogens (tertiary/aromatic N) is 1. The maximum absolute atomic E-state index is 11.9. The monoisotopic (exact) mass is 238 g/mol. The quantitative estimate of drug-likeness (QED) is 0.735. The van der Waals surface area contributed by atoms with Gasteiger partial charge in [-0.2, -0.15) is 0 Å². The molecule has 2 rings (SSSR count). The van der Waals surface area contributed by atoms with Gasteiger partial charge in [0.25, 0.3) is 10.0 Å². The van der Waals surface area contributed by atoms with E-state index in [-0.39, 0.29) is 10.7 Å². The van der Waals surface area contributed by atoms with E-state index in [9.17, 15) is 8.42 Å². The van der Waals surface area contributed by atoms with E-state index in [0.717, 1.165) is 0 Å². The van der Waals surface area contributed by atoms with Gasteiger partial charge in [-0.25, -0.2) is 13.4 Å². The predicted octanol–water partition coefficient (Wildman–Crippen LogP) is 0.793. The molecule has 2 heterocycles. The molecule has 0 spiro atoms. The Morgan fingerprint density at radius 1 is 1.38 bits per heavy atom. The predicted molar refractivity (Wildman–Crippen MR) is 60.3 cm³/mol. The number of hydrogen-bond acceptors (Lipinski definition) is 4. The summed E-state index contributed by atoms with van der Waals surface area (Å²) in [5.41, 5.74) is 5.95. The molecular formula is C9H10N4O2S. The summed E-state index contributed by atoms with van der Waals surface area (Å²) in [7, 11) is -3.67. The van der Waals surface area contributed by atoms with Gasteiger partial charge in [0.1, 0.15) is 10.7 Å². The average Bonchev–Trinajstić information content (AvgIpc) is 2.70. The summed E-state index contributed by atoms with van der Waals surface area (Å²) < 4.78 is 26.1. The highest BCUT2D eigenvalue weighted by atomic mass is 32.2. The molecule has 0 saturated carbocycles. The molecule has 6 nitrogen and oxygen atoms in total. The number of aromatic amines is 1. The van der Waals surface area contributed by atoms with E-state index in [0.29, 0.717) is 5.69 Å². The smallest absolute Gasteiger partial charge is 0.265 e. The molecule has 84 valence electrons. The highest BCUT2D eigenvalue weighted by Crippen LogP contribution is 2.18. The lowest BCUT2D eigenvalue weighted by Crippen LogP contribution is -2.14. The first kappa shape index (κ1) is 10.5. The van der Waals surface area contributed by atoms with Crippen molar-refractivity contribution in [1.29, 1.82) is 0 Å². The van der Waals surface area contributed by atoms with Crippen LogP contribution in [0.3, 0.4) is 0 Å². The number of anilines is 2. The molecule has 7 heteroatoms. The van der Waals surface area contributed by atoms with Crippen LogP contribution in [-0.2, 0) is 10.0 Å². The first-order chi connectivity index (χ1) is 7.59. The van der Waals surface area contributed by atoms with Crippen molar-refractivity contribution in [2.24, 2.45) is 0 Å². The van der Waals surface area contributed by atoms with Crippen molar-refractivity contribution < 1.29 is 8.42 Å². The van der Waals surface area contributed by atoms with Crippen LogP contribution in [0.1, 0.15) is 0 Å². The van der Waals surface area contributed by atoms with Crippen LogP contribution in [0.25, 0.3) is 0 Å². The van der Waals surface area contributed by atoms with Gasteiger partial charge in [0.15, 0.2) is 0 Å². The maximum atomic E-state index is 11.9. The van der Waals surface area contributed by atoms with Gasteiger partial charge in [-0.1, -0.05) is 0 Å². The molecule has 0 radical (unpaired) electrons. The minimum Gasteiger partial charge on any atom is -0.383 e. The summed E-state index contributed by atoms with van der Waals surface area (Å²) in [6, 6.07) is 4.52. The second kappa shape index (κ2) is 3.86. The third-order valence-corrected chi connectivity index (χ3v) is 3.37. The molecule has 0 aliphatic rings. The Kier molecular flexibility index (Phi) is 2.53. The van der Waals surface area contributed by atoms with Crippen LogP contribution < -0.4 is 10.5 Å². The lowest BCUT2D eigenvalue weighted by atomic mass is 10.5. The van der Waals surface area contributed by atoms with Gasteiger partial charge in [0.05, 0.1) is 5.69 Å². The number of pyridine rings is 1. The van der Waals surface area contributed by atoms with Gasteiger partial charge >= 0.3 is 0 Å². The molecule has 0 atom stereocenters. The van der Waals surface area contributed by atoms with Crippen LogP contribution in [0.4, 0.5) is 11.5 Å². The average molecular weight is 238 g/mol. The van der Waals surface area contributed by atoms with E-state index in [2.05, 4.69) is 14.7 Å². The topological polar surface area (TPSA) is 101 Å². The summed E-state index contributed by atoms with van der Waals surface area (Å²) in [4.78, 5) is 6.44. The minimum atomic E-state index is -3.67. The largest absolute Gasteiger partial charge is 0.383 e. The van der Waals surface area contributed by atoms with E-state index in [1.54, 1.807) is 12.3 Å². The van der Waals surface area contributed by atoms with E-state index in [1.165, 1.54) is 24.5 Å². The van der Waals surface area contributed by atoms with Crippen LogP contribution in [0, 0.1) is 0 Å². The van der Waals surface area contributed by atoms with Crippen molar-refractivity contribution >= 4 is 21.5 Å². The minimum absolute atomic E-state index is 0.0227. The molecule has 0 aliphatic carbocycles. The van der Waals surface area contributed by atoms with E-state index in [4.69, 9.17) is 5.73 Å². The molecule has 2 aromatic heterocycles. The Morgan fingerprint density at radius 2 is 2.19 bits per heavy atom. The summed E-state index contributed by atoms with van der Waals surface area (Å²) in [5, 5.41) is 0. The van der Waals surface area contributed by atoms with Crippen molar-refractivity contribution in [2.75, 3.05) is 10.5 Å². The zero-order valence-corrected chi connectivity index (χ0v) is 9.03. The van der Waals surface area contributed by atoms with Crippen molar-refractivity contribution in [1.82, 2.24) is 9.97 Å². The van der Waals surface area contributed by atoms with Crippen LogP contribution in [0.5, 0.6) is 0 Å². The fourth-order valence-corrected chi connectivity index (χ4v) is 2.36. The Balaban J connectivity index is 2.37. The van der Waals surface area contributed by atoms with Crippen LogP contribution >= 0.6 is 0 Å². The van der Waals surface area contributed by atoms with Gasteiger partial charge in [-0.15, -0.1) is 0 Å². The molecule has 0 aromatic carbocycles. The Labute approximate surface area is 92.6 Å². The molecular weight excluding hydrogens is 228 g/mol. The van der Waals surface area contributed by atoms with Crippen LogP contribution in [0.2, 0.25) is 0 Å². The van der Waals surface area contributed by atoms with Gasteiger partial charge in [-0.3, -0.25) is 4.72 Å². The highest BCUT2D eigenvalue weighted by molar-refractivity contribution is 7.92. The number of nitrogens with one attached hydrogen (secondary N) is 2. The summed E-state index contributed by atoms with van der Waals surface area (Å²) in [6.07, 6.45) is 4.58. The normalized spacial score (nSPS) is 11.2. The Hall–Kier alpha value is -2.02. The molecule has 0 aliphatic heterocycles. The first-order valence-corrected chi connectivity index (χ1v) is 5.94. The van der Waals surface area contributed by atoms with Crippen molar-refractivity contribution in [2.45, 2.75) is 4.90 Å². The standard InChI is InChI=1S/C9H10N4O2S/c10-9-8(2-1-4-12-9)16(14,15)13-7-3-5-11-6-7/h1-6,11,13H,(H2,10,12). The fourth-order valence-electron chi connectivity index (χ4n) is 1.23. The summed E-state index contributed by atoms with van der Waals surface area (Å²) in [6.45, 7) is 0. The van der Waals surface area contributed by atoms with Crippen molar-refractivity contribution in [3.63, 3.8) is 0 Å². The van der Waals surface area contributed by atoms with Crippen molar-refractivity contribution in [3.05, 3.63) is 36.8 Å². The Bertz CT molecular complexity index is 577. The second-order valence-electron chi connectivity index (χ2n) is 3.09. The van der Waals surface area contributed by atoms with Crippen LogP contribution in [-0.4, -0.2) is 18.4 Å². The molecule has 16 heavy (non-hydrogen) atoms. The molecule has 0 fully saturated rings. The molecule has 0 bridgehead atoms. The highest BCUT2D eigenvalue weighted by Gasteiger charge is 2.17. The fraction of sp³-hybridized carbons (Fsp3) is 0. The van der Waals surface area contributed by atoms with Crippen molar-refractivity contribution in [3.8, 4) is 0 Å². The number of H-pyrrole nitrogens is 1. The second-order valence-corrected chi connectivity index (χ2v) is 4.74. The third-order valence-electron chi connectivity index (χ3n) is 1.94. The Morgan fingerprint density at radius 3 is 2.81 bits per heavy atom. The molecule has 0 amide bonds. The van der Waals surface area contributed by atoms with Gasteiger partial charge in [0, 0.05) is 18.6 Å². The molecule has 4 N–H and O–H groups in total. The number of rotatable bonds is 3. The SMILES string of the molecule is Nc1ncccc1S(=O)(=O)Nc1cc[nH]c1. The number of hydrogen-bond donors (Lipinski definition) is 3. The molecule has 0 saturated heterocycles. The summed E-state index contributed by atoms with van der Waals surface area (Å²) in [5.74, 6) is -0.0227. The van der Waals surface area contributed by atoms with E-state index in [1.807, 2.05) is 0 Å². The van der Waals surface area contributed by atoms with Gasteiger partial charge < -0.3 is 10.7 Å². The van der Waals surface area contributed by atoms with Gasteiger partial charge in [-0.05, 0) is 18.2 Å². The first-order valence-electron chi connectivity index (χ1n) is 4.46. The van der Waals surface area contributed by atoms with E-state index >= 15 is 0 Å². The van der Waals surface area contributed by atoms with E-state index < -0.39 is 10.0 Å². The van der Waals surface area contributed by atoms with Crippen LogP contribution in [0.15, 0.2) is 41.7 Å². The zero-order chi connectivity index (χ0) is 11.6. The van der Waals surface area contributed by atoms with Gasteiger partial charge in [0.2, 0.25) is 0 Å².